The van der Waals surface area contributed by atoms with E-state index < -0.39 is 53.8 Å². The summed E-state index contributed by atoms with van der Waals surface area (Å²) in [4.78, 5) is 47.2. The van der Waals surface area contributed by atoms with E-state index in [0.29, 0.717) is 0 Å². The van der Waals surface area contributed by atoms with Crippen molar-refractivity contribution in [1.82, 2.24) is 4.90 Å². The van der Waals surface area contributed by atoms with Crippen LogP contribution in [0.4, 0.5) is 29.3 Å². The molecule has 1 saturated heterocycles. The first kappa shape index (κ1) is 27.2. The zero-order chi connectivity index (χ0) is 29.0. The van der Waals surface area contributed by atoms with Crippen LogP contribution in [0.15, 0.2) is 64.8 Å². The number of likely N-dealkylation sites (N-methyl/N-ethyl adjacent to an activating group) is 1. The molecule has 2 aromatic carbocycles. The number of urea groups is 1. The van der Waals surface area contributed by atoms with Gasteiger partial charge in [0.15, 0.2) is 5.70 Å². The van der Waals surface area contributed by atoms with Crippen molar-refractivity contribution in [1.29, 1.82) is 0 Å². The summed E-state index contributed by atoms with van der Waals surface area (Å²) in [5.74, 6) is -1.65. The van der Waals surface area contributed by atoms with E-state index in [4.69, 9.17) is 9.47 Å². The number of aliphatic hydroxyl groups is 1. The lowest BCUT2D eigenvalue weighted by atomic mass is 9.69. The third-order valence-electron chi connectivity index (χ3n) is 7.59. The lowest BCUT2D eigenvalue weighted by molar-refractivity contribution is -0.139. The second-order valence-electron chi connectivity index (χ2n) is 9.60. The number of benzene rings is 2. The zero-order valence-corrected chi connectivity index (χ0v) is 21.7. The number of nitrogens with one attached hydrogen (secondary N) is 1. The second-order valence-corrected chi connectivity index (χ2v) is 9.60. The molecule has 2 N–H and O–H groups in total. The molecule has 1 spiro atoms. The van der Waals surface area contributed by atoms with Crippen molar-refractivity contribution in [2.24, 2.45) is 4.99 Å². The van der Waals surface area contributed by atoms with Crippen LogP contribution in [0.2, 0.25) is 0 Å². The van der Waals surface area contributed by atoms with Crippen LogP contribution in [-0.2, 0) is 30.7 Å². The van der Waals surface area contributed by atoms with Gasteiger partial charge in [-0.25, -0.2) is 19.4 Å². The van der Waals surface area contributed by atoms with Gasteiger partial charge in [-0.05, 0) is 42.3 Å². The first-order valence-electron chi connectivity index (χ1n) is 12.2. The number of amidine groups is 1. The molecule has 210 valence electrons. The molecule has 5 rings (SSSR count). The third kappa shape index (κ3) is 3.91. The molecule has 2 amide bonds. The third-order valence-corrected chi connectivity index (χ3v) is 7.59. The molecular weight excluding hydrogens is 533 g/mol. The second kappa shape index (κ2) is 9.66. The van der Waals surface area contributed by atoms with E-state index in [0.717, 1.165) is 42.6 Å². The summed E-state index contributed by atoms with van der Waals surface area (Å²) >= 11 is 0. The lowest BCUT2D eigenvalue weighted by Gasteiger charge is -2.39. The molecule has 0 aliphatic carbocycles. The van der Waals surface area contributed by atoms with E-state index in [9.17, 15) is 32.7 Å². The van der Waals surface area contributed by atoms with E-state index in [1.807, 2.05) is 12.1 Å². The van der Waals surface area contributed by atoms with Gasteiger partial charge in [-0.1, -0.05) is 18.2 Å². The average molecular weight is 559 g/mol. The Labute approximate surface area is 226 Å². The summed E-state index contributed by atoms with van der Waals surface area (Å²) in [6.45, 7) is -0.499. The van der Waals surface area contributed by atoms with Gasteiger partial charge in [-0.2, -0.15) is 13.2 Å². The Bertz CT molecular complexity index is 1450. The first-order valence-corrected chi connectivity index (χ1v) is 12.2. The summed E-state index contributed by atoms with van der Waals surface area (Å²) in [6.07, 6.45) is -4.42. The van der Waals surface area contributed by atoms with Crippen LogP contribution in [0.5, 0.6) is 0 Å². The Kier molecular flexibility index (Phi) is 6.57. The molecule has 13 heteroatoms. The molecule has 2 aromatic rings. The Morgan fingerprint density at radius 2 is 1.73 bits per heavy atom. The van der Waals surface area contributed by atoms with Crippen LogP contribution < -0.4 is 10.2 Å². The number of aliphatic imine (C=N–C) groups is 1. The van der Waals surface area contributed by atoms with E-state index in [2.05, 4.69) is 10.3 Å². The predicted octanol–water partition coefficient (Wildman–Crippen LogP) is 3.07. The Morgan fingerprint density at radius 1 is 1.07 bits per heavy atom. The standard InChI is InChI=1S/C27H25F3N4O6/c1-33-18-7-5-4-6-17(18)26-12-16(13-35)34(25(38)31-15-10-8-14(9-11-15)27(28,29)30)24(26)32-20(23(37)40-3)19(21(26)33)22(36)39-2/h4-11,16,21,35H,12-13H2,1-3H3,(H,31,38). The predicted molar refractivity (Wildman–Crippen MR) is 137 cm³/mol. The summed E-state index contributed by atoms with van der Waals surface area (Å²) in [5.41, 5.74) is -0.936. The van der Waals surface area contributed by atoms with E-state index in [1.54, 1.807) is 24.1 Å². The Hall–Kier alpha value is -4.39. The van der Waals surface area contributed by atoms with Gasteiger partial charge in [0.25, 0.3) is 0 Å². The molecule has 10 nitrogen and oxygen atoms in total. The quantitative estimate of drug-likeness (QED) is 0.554. The van der Waals surface area contributed by atoms with Gasteiger partial charge in [-0.3, -0.25) is 4.90 Å². The number of carbonyl (C=O) groups excluding carboxylic acids is 3. The van der Waals surface area contributed by atoms with Gasteiger partial charge in [0.05, 0.1) is 49.5 Å². The van der Waals surface area contributed by atoms with Gasteiger partial charge < -0.3 is 24.8 Å². The number of aliphatic hydroxyl groups excluding tert-OH is 1. The molecule has 1 fully saturated rings. The van der Waals surface area contributed by atoms with Crippen molar-refractivity contribution in [3.8, 4) is 0 Å². The molecular formula is C27H25F3N4O6. The summed E-state index contributed by atoms with van der Waals surface area (Å²) in [5, 5.41) is 13.0. The van der Waals surface area contributed by atoms with Crippen molar-refractivity contribution in [2.45, 2.75) is 30.1 Å². The van der Waals surface area contributed by atoms with Gasteiger partial charge in [0.2, 0.25) is 0 Å². The highest BCUT2D eigenvalue weighted by Gasteiger charge is 2.66. The van der Waals surface area contributed by atoms with Crippen molar-refractivity contribution < 1.29 is 42.1 Å². The maximum absolute atomic E-state index is 13.7. The van der Waals surface area contributed by atoms with Crippen LogP contribution in [0.3, 0.4) is 0 Å². The maximum Gasteiger partial charge on any atom is 0.416 e. The number of carbonyl (C=O) groups is 3. The van der Waals surface area contributed by atoms with E-state index >= 15 is 0 Å². The number of ether oxygens (including phenoxy) is 2. The number of esters is 2. The number of nitrogens with zero attached hydrogens (tertiary/aromatic N) is 3. The number of hydrogen-bond donors (Lipinski definition) is 2. The number of para-hydroxylation sites is 1. The SMILES string of the molecule is COC(=O)C1=C(C(=O)OC)C2N(C)c3ccccc3C23CC(CO)N(C(=O)Nc2ccc(C(F)(F)F)cc2)C3=N1. The largest absolute Gasteiger partial charge is 0.466 e. The minimum absolute atomic E-state index is 0.0570. The number of anilines is 2. The highest BCUT2D eigenvalue weighted by Crippen LogP contribution is 2.57. The van der Waals surface area contributed by atoms with Crippen LogP contribution in [-0.4, -0.2) is 73.8 Å². The average Bonchev–Trinajstić information content (AvgIpc) is 3.41. The minimum Gasteiger partial charge on any atom is -0.466 e. The lowest BCUT2D eigenvalue weighted by Crippen LogP contribution is -2.55. The van der Waals surface area contributed by atoms with Crippen molar-refractivity contribution in [3.63, 3.8) is 0 Å². The fourth-order valence-corrected chi connectivity index (χ4v) is 5.98. The molecule has 3 aliphatic rings. The summed E-state index contributed by atoms with van der Waals surface area (Å²) < 4.78 is 49.0. The van der Waals surface area contributed by atoms with Gasteiger partial charge in [0.1, 0.15) is 5.84 Å². The maximum atomic E-state index is 13.7. The molecule has 0 bridgehead atoms. The number of fused-ring (bicyclic) bond motifs is 1. The zero-order valence-electron chi connectivity index (χ0n) is 21.7. The fraction of sp³-hybridized carbons (Fsp3) is 0.333. The Morgan fingerprint density at radius 3 is 2.33 bits per heavy atom. The molecule has 3 heterocycles. The Balaban J connectivity index is 1.67. The highest BCUT2D eigenvalue weighted by atomic mass is 19.4. The molecule has 0 aromatic heterocycles. The van der Waals surface area contributed by atoms with Crippen LogP contribution in [0.1, 0.15) is 17.5 Å². The van der Waals surface area contributed by atoms with Gasteiger partial charge in [-0.15, -0.1) is 0 Å². The number of rotatable bonds is 4. The topological polar surface area (TPSA) is 121 Å². The monoisotopic (exact) mass is 558 g/mol. The molecule has 3 aliphatic heterocycles. The number of alkyl halides is 3. The molecule has 3 atom stereocenters. The van der Waals surface area contributed by atoms with Crippen molar-refractivity contribution in [2.75, 3.05) is 38.1 Å². The summed E-state index contributed by atoms with van der Waals surface area (Å²) in [7, 11) is 4.03. The molecule has 3 unspecified atom stereocenters. The summed E-state index contributed by atoms with van der Waals surface area (Å²) in [6, 6.07) is 8.64. The molecule has 0 radical (unpaired) electrons. The number of halogens is 3. The fourth-order valence-electron chi connectivity index (χ4n) is 5.98. The normalized spacial score (nSPS) is 23.2. The highest BCUT2D eigenvalue weighted by molar-refractivity contribution is 6.17. The van der Waals surface area contributed by atoms with Gasteiger partial charge in [0, 0.05) is 18.4 Å². The number of likely N-dealkylation sites (tertiary alicyclic amines) is 1. The minimum atomic E-state index is -4.55. The van der Waals surface area contributed by atoms with Crippen LogP contribution >= 0.6 is 0 Å². The van der Waals surface area contributed by atoms with Gasteiger partial charge >= 0.3 is 24.1 Å². The molecule has 40 heavy (non-hydrogen) atoms. The van der Waals surface area contributed by atoms with Crippen molar-refractivity contribution >= 4 is 35.2 Å². The number of methoxy groups -OCH3 is 2. The smallest absolute Gasteiger partial charge is 0.416 e. The van der Waals surface area contributed by atoms with E-state index in [-0.39, 0.29) is 29.2 Å². The van der Waals surface area contributed by atoms with Crippen LogP contribution in [0.25, 0.3) is 0 Å². The number of amides is 2. The van der Waals surface area contributed by atoms with Crippen LogP contribution in [0, 0.1) is 0 Å². The first-order chi connectivity index (χ1) is 19.0. The van der Waals surface area contributed by atoms with E-state index in [1.165, 1.54) is 12.0 Å². The van der Waals surface area contributed by atoms with Crippen molar-refractivity contribution in [3.05, 3.63) is 70.9 Å². The number of hydrogen-bond acceptors (Lipinski definition) is 8. The molecule has 0 saturated carbocycles.